The Labute approximate surface area is 165 Å². The van der Waals surface area contributed by atoms with Crippen LogP contribution in [0.25, 0.3) is 0 Å². The van der Waals surface area contributed by atoms with Crippen molar-refractivity contribution in [2.45, 2.75) is 12.5 Å². The molecule has 1 N–H and O–H groups in total. The number of aromatic nitrogens is 2. The van der Waals surface area contributed by atoms with Crippen LogP contribution in [0, 0.1) is 0 Å². The number of nitrogens with one attached hydrogen (secondary N) is 1. The number of amides is 1. The Balaban J connectivity index is 1.66. The van der Waals surface area contributed by atoms with Gasteiger partial charge in [0.2, 0.25) is 5.91 Å². The molecule has 1 aliphatic rings. The summed E-state index contributed by atoms with van der Waals surface area (Å²) < 4.78 is 13.1. The van der Waals surface area contributed by atoms with E-state index in [9.17, 15) is 4.79 Å². The fourth-order valence-corrected chi connectivity index (χ4v) is 2.95. The third kappa shape index (κ3) is 5.35. The van der Waals surface area contributed by atoms with Crippen molar-refractivity contribution in [3.8, 4) is 0 Å². The standard InChI is InChI=1S/C19H28N6O3/c1-23(2)18(26)12-21-19(20-7-6-16-5-4-9-27-16)25-8-10-28-17(14-25)15-11-22-24(3)13-15/h4-5,9,11,13,17H,6-8,10,12,14H2,1-3H3,(H,20,21). The first-order chi connectivity index (χ1) is 13.5. The number of aryl methyl sites for hydroxylation is 1. The van der Waals surface area contributed by atoms with Crippen molar-refractivity contribution in [3.05, 3.63) is 42.1 Å². The molecule has 1 amide bonds. The van der Waals surface area contributed by atoms with Crippen molar-refractivity contribution >= 4 is 11.9 Å². The quantitative estimate of drug-likeness (QED) is 0.578. The fourth-order valence-electron chi connectivity index (χ4n) is 2.95. The average Bonchev–Trinajstić information content (AvgIpc) is 3.36. The van der Waals surface area contributed by atoms with Crippen LogP contribution in [0.3, 0.4) is 0 Å². The maximum atomic E-state index is 12.0. The van der Waals surface area contributed by atoms with E-state index >= 15 is 0 Å². The summed E-state index contributed by atoms with van der Waals surface area (Å²) >= 11 is 0. The maximum Gasteiger partial charge on any atom is 0.243 e. The molecule has 1 unspecified atom stereocenters. The molecule has 1 saturated heterocycles. The van der Waals surface area contributed by atoms with Crippen LogP contribution in [0.4, 0.5) is 0 Å². The number of rotatable bonds is 6. The molecule has 9 nitrogen and oxygen atoms in total. The number of hydrogen-bond acceptors (Lipinski definition) is 5. The summed E-state index contributed by atoms with van der Waals surface area (Å²) in [5.74, 6) is 1.58. The van der Waals surface area contributed by atoms with Crippen LogP contribution < -0.4 is 5.32 Å². The minimum atomic E-state index is -0.0796. The van der Waals surface area contributed by atoms with Crippen molar-refractivity contribution in [2.75, 3.05) is 46.9 Å². The van der Waals surface area contributed by atoms with Gasteiger partial charge < -0.3 is 24.3 Å². The zero-order valence-corrected chi connectivity index (χ0v) is 16.7. The van der Waals surface area contributed by atoms with Crippen LogP contribution in [-0.2, 0) is 23.0 Å². The molecule has 9 heteroatoms. The first kappa shape index (κ1) is 19.9. The van der Waals surface area contributed by atoms with Gasteiger partial charge in [-0.1, -0.05) is 0 Å². The van der Waals surface area contributed by atoms with Crippen molar-refractivity contribution in [1.82, 2.24) is 24.9 Å². The van der Waals surface area contributed by atoms with Crippen molar-refractivity contribution in [2.24, 2.45) is 12.0 Å². The average molecular weight is 388 g/mol. The zero-order chi connectivity index (χ0) is 19.9. The van der Waals surface area contributed by atoms with E-state index in [1.54, 1.807) is 29.9 Å². The normalized spacial score (nSPS) is 17.6. The Morgan fingerprint density at radius 1 is 1.46 bits per heavy atom. The molecule has 0 saturated carbocycles. The lowest BCUT2D eigenvalue weighted by molar-refractivity contribution is -0.127. The Bertz CT molecular complexity index is 783. The lowest BCUT2D eigenvalue weighted by Gasteiger charge is -2.35. The molecule has 0 aromatic carbocycles. The zero-order valence-electron chi connectivity index (χ0n) is 16.7. The Hall–Kier alpha value is -2.81. The van der Waals surface area contributed by atoms with Crippen LogP contribution >= 0.6 is 0 Å². The van der Waals surface area contributed by atoms with Crippen LogP contribution in [0.5, 0.6) is 0 Å². The van der Waals surface area contributed by atoms with E-state index in [1.807, 2.05) is 31.6 Å². The molecule has 1 aliphatic heterocycles. The van der Waals surface area contributed by atoms with E-state index in [0.717, 1.165) is 17.7 Å². The number of likely N-dealkylation sites (N-methyl/N-ethyl adjacent to an activating group) is 1. The highest BCUT2D eigenvalue weighted by molar-refractivity contribution is 5.85. The van der Waals surface area contributed by atoms with Gasteiger partial charge in [-0.15, -0.1) is 0 Å². The molecule has 2 aromatic heterocycles. The summed E-state index contributed by atoms with van der Waals surface area (Å²) in [4.78, 5) is 20.2. The van der Waals surface area contributed by atoms with Gasteiger partial charge >= 0.3 is 0 Å². The minimum absolute atomic E-state index is 0.0394. The second-order valence-electron chi connectivity index (χ2n) is 6.94. The molecular weight excluding hydrogens is 360 g/mol. The van der Waals surface area contributed by atoms with Gasteiger partial charge in [-0.2, -0.15) is 5.10 Å². The van der Waals surface area contributed by atoms with Gasteiger partial charge in [0.1, 0.15) is 18.4 Å². The molecule has 0 aliphatic carbocycles. The number of carbonyl (C=O) groups is 1. The van der Waals surface area contributed by atoms with Gasteiger partial charge in [-0.05, 0) is 12.1 Å². The Kier molecular flexibility index (Phi) is 6.70. The lowest BCUT2D eigenvalue weighted by atomic mass is 10.1. The van der Waals surface area contributed by atoms with Gasteiger partial charge in [0.15, 0.2) is 5.96 Å². The monoisotopic (exact) mass is 388 g/mol. The summed E-state index contributed by atoms with van der Waals surface area (Å²) in [6, 6.07) is 3.82. The third-order valence-electron chi connectivity index (χ3n) is 4.56. The molecule has 152 valence electrons. The number of hydrogen-bond donors (Lipinski definition) is 1. The largest absolute Gasteiger partial charge is 0.469 e. The highest BCUT2D eigenvalue weighted by Crippen LogP contribution is 2.21. The molecule has 28 heavy (non-hydrogen) atoms. The van der Waals surface area contributed by atoms with Gasteiger partial charge in [-0.25, -0.2) is 4.99 Å². The van der Waals surface area contributed by atoms with Gasteiger partial charge in [0, 0.05) is 52.4 Å². The van der Waals surface area contributed by atoms with Crippen molar-refractivity contribution < 1.29 is 13.9 Å². The number of morpholine rings is 1. The van der Waals surface area contributed by atoms with E-state index in [2.05, 4.69) is 20.3 Å². The van der Waals surface area contributed by atoms with Crippen molar-refractivity contribution in [1.29, 1.82) is 0 Å². The highest BCUT2D eigenvalue weighted by atomic mass is 16.5. The number of guanidine groups is 1. The number of ether oxygens (including phenoxy) is 1. The topological polar surface area (TPSA) is 88.1 Å². The molecule has 1 atom stereocenters. The smallest absolute Gasteiger partial charge is 0.243 e. The van der Waals surface area contributed by atoms with E-state index in [-0.39, 0.29) is 18.6 Å². The predicted octanol–water partition coefficient (Wildman–Crippen LogP) is 0.663. The first-order valence-electron chi connectivity index (χ1n) is 9.39. The van der Waals surface area contributed by atoms with Crippen molar-refractivity contribution in [3.63, 3.8) is 0 Å². The van der Waals surface area contributed by atoms with Crippen LogP contribution in [0.2, 0.25) is 0 Å². The highest BCUT2D eigenvalue weighted by Gasteiger charge is 2.25. The van der Waals surface area contributed by atoms with Crippen LogP contribution in [0.1, 0.15) is 17.4 Å². The van der Waals surface area contributed by atoms with E-state index < -0.39 is 0 Å². The van der Waals surface area contributed by atoms with Gasteiger partial charge in [-0.3, -0.25) is 9.48 Å². The molecule has 2 aromatic rings. The SMILES string of the molecule is CN(C)C(=O)CN=C(NCCc1ccco1)N1CCOC(c2cnn(C)c2)C1. The van der Waals surface area contributed by atoms with Crippen LogP contribution in [0.15, 0.2) is 40.2 Å². The van der Waals surface area contributed by atoms with E-state index in [1.165, 1.54) is 0 Å². The first-order valence-corrected chi connectivity index (χ1v) is 9.39. The second kappa shape index (κ2) is 9.41. The number of furan rings is 1. The predicted molar refractivity (Wildman–Crippen MR) is 105 cm³/mol. The summed E-state index contributed by atoms with van der Waals surface area (Å²) in [6.07, 6.45) is 6.12. The Morgan fingerprint density at radius 2 is 2.32 bits per heavy atom. The van der Waals surface area contributed by atoms with E-state index in [0.29, 0.717) is 32.2 Å². The van der Waals surface area contributed by atoms with Gasteiger partial charge in [0.25, 0.3) is 0 Å². The molecule has 0 bridgehead atoms. The summed E-state index contributed by atoms with van der Waals surface area (Å²) in [7, 11) is 5.35. The summed E-state index contributed by atoms with van der Waals surface area (Å²) in [5.41, 5.74) is 1.03. The molecule has 0 radical (unpaired) electrons. The number of carbonyl (C=O) groups excluding carboxylic acids is 1. The summed E-state index contributed by atoms with van der Waals surface area (Å²) in [5, 5.41) is 7.60. The van der Waals surface area contributed by atoms with Gasteiger partial charge in [0.05, 0.1) is 25.6 Å². The molecule has 3 rings (SSSR count). The minimum Gasteiger partial charge on any atom is -0.469 e. The van der Waals surface area contributed by atoms with E-state index in [4.69, 9.17) is 9.15 Å². The second-order valence-corrected chi connectivity index (χ2v) is 6.94. The molecule has 0 spiro atoms. The maximum absolute atomic E-state index is 12.0. The number of nitrogens with zero attached hydrogens (tertiary/aromatic N) is 5. The molecule has 3 heterocycles. The summed E-state index contributed by atoms with van der Waals surface area (Å²) in [6.45, 7) is 2.70. The third-order valence-corrected chi connectivity index (χ3v) is 4.56. The number of aliphatic imine (C=N–C) groups is 1. The lowest BCUT2D eigenvalue weighted by Crippen LogP contribution is -2.49. The fraction of sp³-hybridized carbons (Fsp3) is 0.526. The Morgan fingerprint density at radius 3 is 3.00 bits per heavy atom. The molecular formula is C19H28N6O3. The molecule has 1 fully saturated rings. The van der Waals surface area contributed by atoms with Crippen LogP contribution in [-0.4, -0.2) is 78.3 Å².